The molecular weight excluding hydrogens is 184 g/mol. The number of nitrogens with zero attached hydrogens (tertiary/aromatic N) is 1. The molecule has 0 aromatic heterocycles. The number of amides is 1. The molecule has 4 heteroatoms. The first-order valence-electron chi connectivity index (χ1n) is 3.91. The van der Waals surface area contributed by atoms with Crippen LogP contribution >= 0.6 is 11.8 Å². The van der Waals surface area contributed by atoms with E-state index >= 15 is 0 Å². The number of rotatable bonds is 6. The number of nitrogens with one attached hydrogen (secondary N) is 1. The van der Waals surface area contributed by atoms with Crippen molar-refractivity contribution in [2.45, 2.75) is 0 Å². The highest BCUT2D eigenvalue weighted by molar-refractivity contribution is 8.14. The van der Waals surface area contributed by atoms with E-state index in [1.54, 1.807) is 24.9 Å². The number of thioether (sulfide) groups is 1. The van der Waals surface area contributed by atoms with E-state index < -0.39 is 0 Å². The summed E-state index contributed by atoms with van der Waals surface area (Å²) in [5, 5.41) is 3.52. The Kier molecular flexibility index (Phi) is 8.34. The van der Waals surface area contributed by atoms with Crippen molar-refractivity contribution in [1.82, 2.24) is 5.32 Å². The topological polar surface area (TPSA) is 41.5 Å². The number of carbonyl (C=O) groups excluding carboxylic acids is 1. The van der Waals surface area contributed by atoms with Crippen molar-refractivity contribution in [2.24, 2.45) is 4.99 Å². The fraction of sp³-hybridized carbons (Fsp3) is 0.333. The van der Waals surface area contributed by atoms with E-state index in [1.807, 2.05) is 12.2 Å². The Morgan fingerprint density at radius 1 is 1.69 bits per heavy atom. The molecular formula is C9H14N2OS. The third kappa shape index (κ3) is 7.33. The minimum atomic E-state index is 0.662. The molecule has 0 aliphatic carbocycles. The molecule has 0 radical (unpaired) electrons. The lowest BCUT2D eigenvalue weighted by molar-refractivity contribution is -0.109. The van der Waals surface area contributed by atoms with Crippen molar-refractivity contribution in [2.75, 3.05) is 19.3 Å². The van der Waals surface area contributed by atoms with Gasteiger partial charge in [0.25, 0.3) is 0 Å². The van der Waals surface area contributed by atoms with Gasteiger partial charge in [-0.05, 0) is 6.08 Å². The van der Waals surface area contributed by atoms with E-state index in [9.17, 15) is 4.79 Å². The molecule has 0 bridgehead atoms. The maximum Gasteiger partial charge on any atom is 0.207 e. The van der Waals surface area contributed by atoms with Gasteiger partial charge in [0.05, 0.1) is 5.04 Å². The second-order valence-electron chi connectivity index (χ2n) is 2.08. The van der Waals surface area contributed by atoms with E-state index in [0.29, 0.717) is 13.0 Å². The number of hydrogen-bond acceptors (Lipinski definition) is 3. The Bertz CT molecular complexity index is 212. The Balaban J connectivity index is 3.67. The van der Waals surface area contributed by atoms with E-state index in [4.69, 9.17) is 0 Å². The SMILES string of the molecule is C=C/C=C\C(=NC)SCCNC=O. The van der Waals surface area contributed by atoms with Crippen LogP contribution in [0.15, 0.2) is 29.8 Å². The summed E-state index contributed by atoms with van der Waals surface area (Å²) in [4.78, 5) is 14.0. The summed E-state index contributed by atoms with van der Waals surface area (Å²) in [5.41, 5.74) is 0. The lowest BCUT2D eigenvalue weighted by Gasteiger charge is -1.99. The van der Waals surface area contributed by atoms with Gasteiger partial charge in [-0.25, -0.2) is 0 Å². The van der Waals surface area contributed by atoms with Gasteiger partial charge in [0.2, 0.25) is 6.41 Å². The molecule has 72 valence electrons. The van der Waals surface area contributed by atoms with Crippen LogP contribution in [0.3, 0.4) is 0 Å². The fourth-order valence-electron chi connectivity index (χ4n) is 0.611. The molecule has 1 N–H and O–H groups in total. The average molecular weight is 198 g/mol. The predicted octanol–water partition coefficient (Wildman–Crippen LogP) is 1.24. The van der Waals surface area contributed by atoms with Gasteiger partial charge in [0.15, 0.2) is 0 Å². The second-order valence-corrected chi connectivity index (χ2v) is 3.19. The molecule has 0 spiro atoms. The Morgan fingerprint density at radius 2 is 2.46 bits per heavy atom. The van der Waals surface area contributed by atoms with Gasteiger partial charge in [-0.1, -0.05) is 18.7 Å². The zero-order valence-corrected chi connectivity index (χ0v) is 8.51. The highest BCUT2D eigenvalue weighted by Crippen LogP contribution is 2.04. The first kappa shape index (κ1) is 12.0. The molecule has 0 aliphatic rings. The minimum absolute atomic E-state index is 0.662. The molecule has 0 saturated heterocycles. The average Bonchev–Trinajstić information content (AvgIpc) is 2.17. The third-order valence-corrected chi connectivity index (χ3v) is 2.20. The summed E-state index contributed by atoms with van der Waals surface area (Å²) in [5.74, 6) is 0.826. The zero-order chi connectivity index (χ0) is 9.94. The molecule has 0 aromatic carbocycles. The van der Waals surface area contributed by atoms with Gasteiger partial charge in [-0.15, -0.1) is 11.8 Å². The third-order valence-electron chi connectivity index (χ3n) is 1.17. The van der Waals surface area contributed by atoms with Gasteiger partial charge in [0.1, 0.15) is 0 Å². The van der Waals surface area contributed by atoms with Crippen LogP contribution in [-0.4, -0.2) is 30.8 Å². The highest BCUT2D eigenvalue weighted by atomic mass is 32.2. The van der Waals surface area contributed by atoms with Crippen LogP contribution in [0.5, 0.6) is 0 Å². The fourth-order valence-corrected chi connectivity index (χ4v) is 1.34. The van der Waals surface area contributed by atoms with Crippen LogP contribution in [0.25, 0.3) is 0 Å². The number of allylic oxidation sites excluding steroid dienone is 2. The smallest absolute Gasteiger partial charge is 0.207 e. The van der Waals surface area contributed by atoms with Crippen molar-refractivity contribution in [3.63, 3.8) is 0 Å². The number of carbonyl (C=O) groups is 1. The van der Waals surface area contributed by atoms with Crippen molar-refractivity contribution >= 4 is 23.2 Å². The number of hydrogen-bond donors (Lipinski definition) is 1. The standard InChI is InChI=1S/C9H14N2OS/c1-3-4-5-9(10-2)13-7-6-11-8-12/h3-5,8H,1,6-7H2,2H3,(H,11,12)/b5-4-,10-9?. The second kappa shape index (κ2) is 9.06. The lowest BCUT2D eigenvalue weighted by Crippen LogP contribution is -2.14. The van der Waals surface area contributed by atoms with Crippen molar-refractivity contribution in [3.8, 4) is 0 Å². The summed E-state index contributed by atoms with van der Waals surface area (Å²) < 4.78 is 0. The molecule has 0 rings (SSSR count). The summed E-state index contributed by atoms with van der Waals surface area (Å²) in [6.07, 6.45) is 6.12. The summed E-state index contributed by atoms with van der Waals surface area (Å²) in [7, 11) is 1.74. The van der Waals surface area contributed by atoms with Crippen LogP contribution in [0.1, 0.15) is 0 Å². The molecule has 0 heterocycles. The van der Waals surface area contributed by atoms with Crippen molar-refractivity contribution < 1.29 is 4.79 Å². The Hall–Kier alpha value is -1.03. The molecule has 0 fully saturated rings. The monoisotopic (exact) mass is 198 g/mol. The summed E-state index contributed by atoms with van der Waals surface area (Å²) in [6, 6.07) is 0. The first-order chi connectivity index (χ1) is 6.35. The van der Waals surface area contributed by atoms with Gasteiger partial charge in [-0.3, -0.25) is 9.79 Å². The molecule has 0 atom stereocenters. The van der Waals surface area contributed by atoms with Crippen molar-refractivity contribution in [1.29, 1.82) is 0 Å². The first-order valence-corrected chi connectivity index (χ1v) is 4.89. The van der Waals surface area contributed by atoms with Gasteiger partial charge >= 0.3 is 0 Å². The summed E-state index contributed by atoms with van der Waals surface area (Å²) >= 11 is 1.60. The van der Waals surface area contributed by atoms with Gasteiger partial charge in [-0.2, -0.15) is 0 Å². The largest absolute Gasteiger partial charge is 0.358 e. The molecule has 0 aliphatic heterocycles. The Morgan fingerprint density at radius 3 is 3.00 bits per heavy atom. The maximum atomic E-state index is 9.91. The zero-order valence-electron chi connectivity index (χ0n) is 7.69. The van der Waals surface area contributed by atoms with Crippen LogP contribution in [0, 0.1) is 0 Å². The molecule has 0 aromatic rings. The van der Waals surface area contributed by atoms with Crippen LogP contribution in [0.2, 0.25) is 0 Å². The van der Waals surface area contributed by atoms with E-state index in [1.165, 1.54) is 0 Å². The van der Waals surface area contributed by atoms with E-state index in [2.05, 4.69) is 16.9 Å². The molecule has 3 nitrogen and oxygen atoms in total. The quantitative estimate of drug-likeness (QED) is 0.229. The highest BCUT2D eigenvalue weighted by Gasteiger charge is 1.92. The van der Waals surface area contributed by atoms with E-state index in [-0.39, 0.29) is 0 Å². The van der Waals surface area contributed by atoms with Crippen LogP contribution in [0.4, 0.5) is 0 Å². The van der Waals surface area contributed by atoms with E-state index in [0.717, 1.165) is 10.8 Å². The predicted molar refractivity (Wildman–Crippen MR) is 59.2 cm³/mol. The maximum absolute atomic E-state index is 9.91. The summed E-state index contributed by atoms with van der Waals surface area (Å²) in [6.45, 7) is 4.23. The van der Waals surface area contributed by atoms with Gasteiger partial charge in [0, 0.05) is 19.3 Å². The molecule has 1 amide bonds. The molecule has 0 saturated carbocycles. The lowest BCUT2D eigenvalue weighted by atomic mass is 10.5. The van der Waals surface area contributed by atoms with Crippen molar-refractivity contribution in [3.05, 3.63) is 24.8 Å². The molecule has 13 heavy (non-hydrogen) atoms. The molecule has 0 unspecified atom stereocenters. The number of aliphatic imine (C=N–C) groups is 1. The minimum Gasteiger partial charge on any atom is -0.358 e. The normalized spacial score (nSPS) is 11.6. The van der Waals surface area contributed by atoms with Crippen LogP contribution < -0.4 is 5.32 Å². The van der Waals surface area contributed by atoms with Gasteiger partial charge < -0.3 is 5.32 Å². The Labute approximate surface area is 83.0 Å². The van der Waals surface area contributed by atoms with Crippen LogP contribution in [-0.2, 0) is 4.79 Å².